The van der Waals surface area contributed by atoms with E-state index >= 15 is 0 Å². The van der Waals surface area contributed by atoms with Crippen molar-refractivity contribution >= 4 is 23.4 Å². The van der Waals surface area contributed by atoms with Crippen LogP contribution in [0.3, 0.4) is 0 Å². The molecular weight excluding hydrogens is 428 g/mol. The molecule has 0 spiro atoms. The van der Waals surface area contributed by atoms with Gasteiger partial charge in [-0.15, -0.1) is 12.4 Å². The van der Waals surface area contributed by atoms with Gasteiger partial charge < -0.3 is 19.7 Å². The van der Waals surface area contributed by atoms with Crippen LogP contribution in [0.5, 0.6) is 11.5 Å². The average molecular weight is 457 g/mol. The van der Waals surface area contributed by atoms with E-state index in [0.717, 1.165) is 61.6 Å². The molecule has 0 aliphatic carbocycles. The van der Waals surface area contributed by atoms with Crippen LogP contribution in [-0.2, 0) is 13.1 Å². The Morgan fingerprint density at radius 2 is 1.81 bits per heavy atom. The number of nitrogens with zero attached hydrogens (tertiary/aromatic N) is 3. The second-order valence-electron chi connectivity index (χ2n) is 8.21. The first-order valence-electron chi connectivity index (χ1n) is 11.0. The maximum absolute atomic E-state index is 12.3. The number of fused-ring (bicyclic) bond motifs is 2. The number of aromatic nitrogens is 2. The fourth-order valence-corrected chi connectivity index (χ4v) is 4.40. The standard InChI is InChI=1S/C24H28N4O3.ClH/c29-23-6-4-19-2-1-9-25-24(19)28(23)13-12-27-10-7-20(8-11-27)26-17-18-3-5-21-22(16-18)31-15-14-30-21;/h1-6,9,16,20,26H,7-8,10-15,17H2;1H. The Kier molecular flexibility index (Phi) is 7.29. The Balaban J connectivity index is 0.00000245. The summed E-state index contributed by atoms with van der Waals surface area (Å²) in [4.78, 5) is 19.2. The second-order valence-corrected chi connectivity index (χ2v) is 8.21. The monoisotopic (exact) mass is 456 g/mol. The van der Waals surface area contributed by atoms with Gasteiger partial charge in [0.15, 0.2) is 11.5 Å². The van der Waals surface area contributed by atoms with E-state index in [9.17, 15) is 4.79 Å². The largest absolute Gasteiger partial charge is 0.486 e. The van der Waals surface area contributed by atoms with E-state index in [1.165, 1.54) is 5.56 Å². The maximum Gasteiger partial charge on any atom is 0.252 e. The molecule has 3 aromatic rings. The molecule has 1 saturated heterocycles. The molecule has 2 aromatic heterocycles. The summed E-state index contributed by atoms with van der Waals surface area (Å²) in [6.45, 7) is 5.67. The number of pyridine rings is 2. The summed E-state index contributed by atoms with van der Waals surface area (Å²) in [6.07, 6.45) is 3.96. The smallest absolute Gasteiger partial charge is 0.252 e. The highest BCUT2D eigenvalue weighted by Crippen LogP contribution is 2.30. The molecule has 1 N–H and O–H groups in total. The van der Waals surface area contributed by atoms with Gasteiger partial charge >= 0.3 is 0 Å². The van der Waals surface area contributed by atoms with Gasteiger partial charge in [-0.25, -0.2) is 4.98 Å². The van der Waals surface area contributed by atoms with Crippen molar-refractivity contribution in [3.63, 3.8) is 0 Å². The molecule has 7 nitrogen and oxygen atoms in total. The fourth-order valence-electron chi connectivity index (χ4n) is 4.40. The van der Waals surface area contributed by atoms with Crippen molar-refractivity contribution in [3.8, 4) is 11.5 Å². The molecule has 0 radical (unpaired) electrons. The molecule has 4 heterocycles. The third kappa shape index (κ3) is 5.06. The Bertz CT molecular complexity index is 1110. The van der Waals surface area contributed by atoms with Crippen LogP contribution in [0.4, 0.5) is 0 Å². The Morgan fingerprint density at radius 1 is 1.00 bits per heavy atom. The highest BCUT2D eigenvalue weighted by molar-refractivity contribution is 5.85. The van der Waals surface area contributed by atoms with Gasteiger partial charge in [0.05, 0.1) is 0 Å². The minimum Gasteiger partial charge on any atom is -0.486 e. The minimum absolute atomic E-state index is 0. The molecule has 170 valence electrons. The average Bonchev–Trinajstić information content (AvgIpc) is 2.82. The van der Waals surface area contributed by atoms with Gasteiger partial charge in [-0.1, -0.05) is 6.07 Å². The maximum atomic E-state index is 12.3. The molecule has 0 amide bonds. The predicted molar refractivity (Wildman–Crippen MR) is 127 cm³/mol. The van der Waals surface area contributed by atoms with E-state index in [1.54, 1.807) is 16.8 Å². The van der Waals surface area contributed by atoms with Crippen LogP contribution in [0.15, 0.2) is 53.5 Å². The van der Waals surface area contributed by atoms with Crippen molar-refractivity contribution in [1.82, 2.24) is 19.8 Å². The van der Waals surface area contributed by atoms with Crippen molar-refractivity contribution in [2.45, 2.75) is 32.0 Å². The number of hydrogen-bond donors (Lipinski definition) is 1. The number of halogens is 1. The summed E-state index contributed by atoms with van der Waals surface area (Å²) in [7, 11) is 0. The number of hydrogen-bond acceptors (Lipinski definition) is 6. The van der Waals surface area contributed by atoms with Crippen molar-refractivity contribution in [3.05, 3.63) is 64.6 Å². The van der Waals surface area contributed by atoms with E-state index in [0.29, 0.717) is 25.8 Å². The van der Waals surface area contributed by atoms with E-state index in [1.807, 2.05) is 24.3 Å². The van der Waals surface area contributed by atoms with E-state index in [4.69, 9.17) is 9.47 Å². The summed E-state index contributed by atoms with van der Waals surface area (Å²) in [5.74, 6) is 1.68. The van der Waals surface area contributed by atoms with Crippen LogP contribution >= 0.6 is 12.4 Å². The Labute approximate surface area is 193 Å². The molecule has 32 heavy (non-hydrogen) atoms. The lowest BCUT2D eigenvalue weighted by atomic mass is 10.0. The number of ether oxygens (including phenoxy) is 2. The van der Waals surface area contributed by atoms with Gasteiger partial charge in [0.2, 0.25) is 0 Å². The molecule has 1 aromatic carbocycles. The second kappa shape index (κ2) is 10.3. The zero-order valence-electron chi connectivity index (χ0n) is 18.0. The molecule has 5 rings (SSSR count). The van der Waals surface area contributed by atoms with Gasteiger partial charge in [-0.05, 0) is 61.8 Å². The van der Waals surface area contributed by atoms with E-state index in [2.05, 4.69) is 27.3 Å². The van der Waals surface area contributed by atoms with Crippen LogP contribution < -0.4 is 20.3 Å². The lowest BCUT2D eigenvalue weighted by molar-refractivity contribution is 0.171. The number of likely N-dealkylation sites (tertiary alicyclic amines) is 1. The highest BCUT2D eigenvalue weighted by Gasteiger charge is 2.19. The molecule has 2 aliphatic heterocycles. The topological polar surface area (TPSA) is 68.6 Å². The van der Waals surface area contributed by atoms with Crippen LogP contribution in [-0.4, -0.2) is 53.3 Å². The summed E-state index contributed by atoms with van der Waals surface area (Å²) in [6, 6.07) is 14.1. The molecular formula is C24H29ClN4O3. The first-order valence-corrected chi connectivity index (χ1v) is 11.0. The van der Waals surface area contributed by atoms with Gasteiger partial charge in [0.1, 0.15) is 18.9 Å². The molecule has 0 saturated carbocycles. The van der Waals surface area contributed by atoms with E-state index < -0.39 is 0 Å². The Hall–Kier alpha value is -2.61. The number of rotatable bonds is 6. The first-order chi connectivity index (χ1) is 15.3. The van der Waals surface area contributed by atoms with Gasteiger partial charge in [0, 0.05) is 43.3 Å². The third-order valence-corrected chi connectivity index (χ3v) is 6.17. The van der Waals surface area contributed by atoms with E-state index in [-0.39, 0.29) is 18.0 Å². The summed E-state index contributed by atoms with van der Waals surface area (Å²) >= 11 is 0. The highest BCUT2D eigenvalue weighted by atomic mass is 35.5. The molecule has 2 aliphatic rings. The first kappa shape index (κ1) is 22.6. The summed E-state index contributed by atoms with van der Waals surface area (Å²) in [5.41, 5.74) is 2.00. The van der Waals surface area contributed by atoms with Gasteiger partial charge in [-0.3, -0.25) is 9.36 Å². The minimum atomic E-state index is 0. The van der Waals surface area contributed by atoms with Crippen LogP contribution in [0.2, 0.25) is 0 Å². The quantitative estimate of drug-likeness (QED) is 0.615. The van der Waals surface area contributed by atoms with Crippen molar-refractivity contribution in [1.29, 1.82) is 0 Å². The molecule has 0 atom stereocenters. The Morgan fingerprint density at radius 3 is 2.66 bits per heavy atom. The third-order valence-electron chi connectivity index (χ3n) is 6.17. The SMILES string of the molecule is Cl.O=c1ccc2cccnc2n1CCN1CCC(NCc2ccc3c(c2)OCCO3)CC1. The van der Waals surface area contributed by atoms with Crippen molar-refractivity contribution in [2.75, 3.05) is 32.8 Å². The summed E-state index contributed by atoms with van der Waals surface area (Å²) < 4.78 is 13.1. The van der Waals surface area contributed by atoms with Crippen molar-refractivity contribution in [2.24, 2.45) is 0 Å². The van der Waals surface area contributed by atoms with Crippen LogP contribution in [0.25, 0.3) is 11.0 Å². The number of benzene rings is 1. The van der Waals surface area contributed by atoms with Gasteiger partial charge in [0.25, 0.3) is 5.56 Å². The van der Waals surface area contributed by atoms with Crippen LogP contribution in [0, 0.1) is 0 Å². The molecule has 0 unspecified atom stereocenters. The van der Waals surface area contributed by atoms with Crippen LogP contribution in [0.1, 0.15) is 18.4 Å². The predicted octanol–water partition coefficient (Wildman–Crippen LogP) is 2.84. The lowest BCUT2D eigenvalue weighted by Gasteiger charge is -2.32. The fraction of sp³-hybridized carbons (Fsp3) is 0.417. The zero-order valence-corrected chi connectivity index (χ0v) is 18.9. The lowest BCUT2D eigenvalue weighted by Crippen LogP contribution is -2.43. The molecule has 1 fully saturated rings. The normalized spacial score (nSPS) is 16.6. The number of piperidine rings is 1. The summed E-state index contributed by atoms with van der Waals surface area (Å²) in [5, 5.41) is 4.69. The molecule has 8 heteroatoms. The zero-order chi connectivity index (χ0) is 21.0. The van der Waals surface area contributed by atoms with Gasteiger partial charge in [-0.2, -0.15) is 0 Å². The number of nitrogens with one attached hydrogen (secondary N) is 1. The molecule has 0 bridgehead atoms. The van der Waals surface area contributed by atoms with Crippen molar-refractivity contribution < 1.29 is 9.47 Å².